The molecular weight excluding hydrogens is 509 g/mol. The predicted molar refractivity (Wildman–Crippen MR) is 107 cm³/mol. The molecule has 146 valence electrons. The molecule has 27 heavy (non-hydrogen) atoms. The molecule has 0 aliphatic heterocycles. The Kier molecular flexibility index (Phi) is 7.24. The zero-order chi connectivity index (χ0) is 20.2. The molecule has 0 radical (unpaired) electrons. The lowest BCUT2D eigenvalue weighted by Crippen LogP contribution is -2.10. The number of aliphatic carboxylic acids is 1. The Morgan fingerprint density at radius 1 is 1.15 bits per heavy atom. The Hall–Kier alpha value is -1.65. The fourth-order valence-corrected chi connectivity index (χ4v) is 4.36. The average molecular weight is 525 g/mol. The fourth-order valence-electron chi connectivity index (χ4n) is 2.31. The van der Waals surface area contributed by atoms with Crippen molar-refractivity contribution in [3.8, 4) is 5.75 Å². The van der Waals surface area contributed by atoms with Crippen molar-refractivity contribution in [3.63, 3.8) is 0 Å². The van der Waals surface area contributed by atoms with Crippen LogP contribution in [0.4, 0.5) is 10.1 Å². The van der Waals surface area contributed by atoms with Crippen LogP contribution in [0.5, 0.6) is 5.75 Å². The summed E-state index contributed by atoms with van der Waals surface area (Å²) < 4.78 is 45.5. The van der Waals surface area contributed by atoms with Crippen molar-refractivity contribution in [1.82, 2.24) is 0 Å². The number of anilines is 1. The minimum absolute atomic E-state index is 0.00186. The highest BCUT2D eigenvalue weighted by Gasteiger charge is 2.12. The Bertz CT molecular complexity index is 943. The lowest BCUT2D eigenvalue weighted by atomic mass is 10.1. The number of ether oxygens (including phenoxy) is 1. The van der Waals surface area contributed by atoms with Gasteiger partial charge in [0.25, 0.3) is 0 Å². The molecule has 0 bridgehead atoms. The standard InChI is InChI=1S/C17H16Br2FNO5S/c1-27(24,25)21-13-5-11(4-12(20)8-13)9-26-17-14(18)6-10(7-15(17)19)2-3-16(22)23/h4-8,21H,2-3,9H2,1H3,(H,22,23). The number of carbonyl (C=O) groups is 1. The zero-order valence-electron chi connectivity index (χ0n) is 14.1. The molecule has 0 atom stereocenters. The van der Waals surface area contributed by atoms with Crippen LogP contribution in [0.15, 0.2) is 39.3 Å². The van der Waals surface area contributed by atoms with Gasteiger partial charge in [0.2, 0.25) is 10.0 Å². The van der Waals surface area contributed by atoms with Gasteiger partial charge in [-0.05, 0) is 79.7 Å². The molecule has 2 rings (SSSR count). The van der Waals surface area contributed by atoms with E-state index in [1.54, 1.807) is 12.1 Å². The van der Waals surface area contributed by atoms with E-state index in [4.69, 9.17) is 9.84 Å². The molecule has 0 saturated heterocycles. The molecule has 0 aliphatic rings. The summed E-state index contributed by atoms with van der Waals surface area (Å²) in [7, 11) is -3.52. The van der Waals surface area contributed by atoms with E-state index in [0.29, 0.717) is 26.7 Å². The molecule has 2 aromatic rings. The topological polar surface area (TPSA) is 92.7 Å². The molecule has 6 nitrogen and oxygen atoms in total. The number of carboxylic acids is 1. The Balaban J connectivity index is 2.15. The second kappa shape index (κ2) is 9.03. The van der Waals surface area contributed by atoms with Crippen molar-refractivity contribution in [1.29, 1.82) is 0 Å². The van der Waals surface area contributed by atoms with Crippen LogP contribution in [0.2, 0.25) is 0 Å². The van der Waals surface area contributed by atoms with Gasteiger partial charge >= 0.3 is 5.97 Å². The quantitative estimate of drug-likeness (QED) is 0.536. The van der Waals surface area contributed by atoms with E-state index in [-0.39, 0.29) is 18.7 Å². The average Bonchev–Trinajstić information content (AvgIpc) is 2.49. The van der Waals surface area contributed by atoms with Crippen LogP contribution in [0.1, 0.15) is 17.5 Å². The summed E-state index contributed by atoms with van der Waals surface area (Å²) in [5.41, 5.74) is 1.36. The molecule has 2 aromatic carbocycles. The molecule has 0 unspecified atom stereocenters. The van der Waals surface area contributed by atoms with E-state index in [0.717, 1.165) is 17.9 Å². The van der Waals surface area contributed by atoms with Crippen LogP contribution in [0.3, 0.4) is 0 Å². The first-order chi connectivity index (χ1) is 12.5. The van der Waals surface area contributed by atoms with Gasteiger partial charge in [-0.15, -0.1) is 0 Å². The molecule has 2 N–H and O–H groups in total. The molecule has 0 aliphatic carbocycles. The van der Waals surface area contributed by atoms with Crippen molar-refractivity contribution in [2.45, 2.75) is 19.4 Å². The highest BCUT2D eigenvalue weighted by atomic mass is 79.9. The number of benzene rings is 2. The first kappa shape index (κ1) is 21.6. The first-order valence-corrected chi connectivity index (χ1v) is 11.1. The Morgan fingerprint density at radius 2 is 1.78 bits per heavy atom. The van der Waals surface area contributed by atoms with Gasteiger partial charge in [0.15, 0.2) is 0 Å². The fraction of sp³-hybridized carbons (Fsp3) is 0.235. The Morgan fingerprint density at radius 3 is 2.33 bits per heavy atom. The third kappa shape index (κ3) is 7.11. The highest BCUT2D eigenvalue weighted by molar-refractivity contribution is 9.11. The number of nitrogens with one attached hydrogen (secondary N) is 1. The van der Waals surface area contributed by atoms with Crippen molar-refractivity contribution in [2.75, 3.05) is 11.0 Å². The van der Waals surface area contributed by atoms with Crippen molar-refractivity contribution < 1.29 is 27.4 Å². The largest absolute Gasteiger partial charge is 0.487 e. The summed E-state index contributed by atoms with van der Waals surface area (Å²) in [6.45, 7) is 0.00186. The maximum atomic E-state index is 13.7. The monoisotopic (exact) mass is 523 g/mol. The van der Waals surface area contributed by atoms with Crippen LogP contribution in [-0.2, 0) is 27.8 Å². The third-order valence-corrected chi connectivity index (χ3v) is 5.11. The maximum Gasteiger partial charge on any atom is 0.303 e. The second-order valence-electron chi connectivity index (χ2n) is 5.79. The molecule has 0 heterocycles. The maximum absolute atomic E-state index is 13.7. The van der Waals surface area contributed by atoms with Crippen LogP contribution < -0.4 is 9.46 Å². The smallest absolute Gasteiger partial charge is 0.303 e. The number of sulfonamides is 1. The molecule has 0 amide bonds. The summed E-state index contributed by atoms with van der Waals surface area (Å²) in [4.78, 5) is 10.7. The lowest BCUT2D eigenvalue weighted by Gasteiger charge is -2.13. The Labute approximate surface area is 173 Å². The number of rotatable bonds is 8. The number of aryl methyl sites for hydroxylation is 1. The predicted octanol–water partition coefficient (Wildman–Crippen LogP) is 4.32. The number of halogens is 3. The van der Waals surface area contributed by atoms with Gasteiger partial charge in [0, 0.05) is 6.42 Å². The van der Waals surface area contributed by atoms with E-state index in [1.165, 1.54) is 12.1 Å². The van der Waals surface area contributed by atoms with E-state index in [9.17, 15) is 17.6 Å². The van der Waals surface area contributed by atoms with E-state index in [2.05, 4.69) is 36.6 Å². The van der Waals surface area contributed by atoms with Crippen LogP contribution in [0.25, 0.3) is 0 Å². The number of hydrogen-bond donors (Lipinski definition) is 2. The minimum Gasteiger partial charge on any atom is -0.487 e. The van der Waals surface area contributed by atoms with Gasteiger partial charge in [-0.1, -0.05) is 0 Å². The van der Waals surface area contributed by atoms with Gasteiger partial charge in [-0.25, -0.2) is 12.8 Å². The van der Waals surface area contributed by atoms with Crippen molar-refractivity contribution >= 4 is 53.5 Å². The van der Waals surface area contributed by atoms with Crippen molar-refractivity contribution in [2.24, 2.45) is 0 Å². The van der Waals surface area contributed by atoms with Gasteiger partial charge < -0.3 is 9.84 Å². The van der Waals surface area contributed by atoms with Crippen LogP contribution >= 0.6 is 31.9 Å². The van der Waals surface area contributed by atoms with Crippen LogP contribution in [0, 0.1) is 5.82 Å². The van der Waals surface area contributed by atoms with Gasteiger partial charge in [-0.2, -0.15) is 0 Å². The summed E-state index contributed by atoms with van der Waals surface area (Å²) in [6, 6.07) is 7.31. The molecule has 0 saturated carbocycles. The van der Waals surface area contributed by atoms with Crippen molar-refractivity contribution in [3.05, 3.63) is 56.2 Å². The normalized spacial score (nSPS) is 11.3. The van der Waals surface area contributed by atoms with E-state index >= 15 is 0 Å². The molecule has 0 spiro atoms. The van der Waals surface area contributed by atoms with Gasteiger partial charge in [0.05, 0.1) is 20.9 Å². The highest BCUT2D eigenvalue weighted by Crippen LogP contribution is 2.35. The summed E-state index contributed by atoms with van der Waals surface area (Å²) >= 11 is 6.76. The lowest BCUT2D eigenvalue weighted by molar-refractivity contribution is -0.136. The molecule has 0 aromatic heterocycles. The van der Waals surface area contributed by atoms with E-state index in [1.807, 2.05) is 0 Å². The summed E-state index contributed by atoms with van der Waals surface area (Å²) in [5, 5.41) is 8.77. The first-order valence-electron chi connectivity index (χ1n) is 7.63. The second-order valence-corrected chi connectivity index (χ2v) is 9.25. The van der Waals surface area contributed by atoms with E-state index < -0.39 is 21.8 Å². The third-order valence-electron chi connectivity index (χ3n) is 3.33. The SMILES string of the molecule is CS(=O)(=O)Nc1cc(F)cc(COc2c(Br)cc(CCC(=O)O)cc2Br)c1. The number of hydrogen-bond acceptors (Lipinski definition) is 4. The summed E-state index contributed by atoms with van der Waals surface area (Å²) in [5.74, 6) is -1.01. The van der Waals surface area contributed by atoms with Gasteiger partial charge in [0.1, 0.15) is 18.2 Å². The summed E-state index contributed by atoms with van der Waals surface area (Å²) in [6.07, 6.45) is 1.37. The molecule has 10 heteroatoms. The van der Waals surface area contributed by atoms with Gasteiger partial charge in [-0.3, -0.25) is 9.52 Å². The zero-order valence-corrected chi connectivity index (χ0v) is 18.1. The van der Waals surface area contributed by atoms with Crippen LogP contribution in [-0.4, -0.2) is 25.7 Å². The number of carboxylic acid groups (broad SMARTS) is 1. The molecular formula is C17H16Br2FNO5S. The minimum atomic E-state index is -3.52. The molecule has 0 fully saturated rings.